The van der Waals surface area contributed by atoms with E-state index in [1.54, 1.807) is 7.11 Å². The fourth-order valence-electron chi connectivity index (χ4n) is 2.20. The molecule has 1 aromatic carbocycles. The largest absolute Gasteiger partial charge is 0.497 e. The summed E-state index contributed by atoms with van der Waals surface area (Å²) in [7, 11) is 1.70. The summed E-state index contributed by atoms with van der Waals surface area (Å²) in [4.78, 5) is 2.44. The number of benzene rings is 1. The first-order valence-corrected chi connectivity index (χ1v) is 7.28. The molecule has 0 fully saturated rings. The van der Waals surface area contributed by atoms with E-state index in [4.69, 9.17) is 4.74 Å². The van der Waals surface area contributed by atoms with E-state index in [0.717, 1.165) is 38.3 Å². The van der Waals surface area contributed by atoms with E-state index in [1.165, 1.54) is 5.56 Å². The third kappa shape index (κ3) is 6.08. The topological polar surface area (TPSA) is 24.5 Å². The number of likely N-dealkylation sites (N-methyl/N-ethyl adjacent to an activating group) is 1. The molecule has 0 aliphatic heterocycles. The highest BCUT2D eigenvalue weighted by atomic mass is 16.5. The van der Waals surface area contributed by atoms with Gasteiger partial charge < -0.3 is 15.0 Å². The predicted octanol–water partition coefficient (Wildman–Crippen LogP) is 2.56. The van der Waals surface area contributed by atoms with E-state index in [1.807, 2.05) is 12.1 Å². The minimum absolute atomic E-state index is 0.504. The number of hydrogen-bond donors (Lipinski definition) is 1. The third-order valence-corrected chi connectivity index (χ3v) is 3.52. The van der Waals surface area contributed by atoms with Crippen LogP contribution in [-0.2, 0) is 6.42 Å². The van der Waals surface area contributed by atoms with E-state index >= 15 is 0 Å². The van der Waals surface area contributed by atoms with Crippen LogP contribution in [0.2, 0.25) is 0 Å². The molecule has 0 spiro atoms. The lowest BCUT2D eigenvalue weighted by Crippen LogP contribution is -2.36. The highest BCUT2D eigenvalue weighted by Gasteiger charge is 2.04. The Morgan fingerprint density at radius 3 is 2.32 bits per heavy atom. The van der Waals surface area contributed by atoms with Crippen LogP contribution in [0.15, 0.2) is 24.3 Å². The maximum atomic E-state index is 5.17. The first kappa shape index (κ1) is 16.0. The molecule has 108 valence electrons. The van der Waals surface area contributed by atoms with Crippen molar-refractivity contribution in [2.24, 2.45) is 0 Å². The maximum Gasteiger partial charge on any atom is 0.118 e. The van der Waals surface area contributed by atoms with Gasteiger partial charge in [0.1, 0.15) is 5.75 Å². The molecule has 0 saturated carbocycles. The van der Waals surface area contributed by atoms with Crippen LogP contribution in [0.3, 0.4) is 0 Å². The van der Waals surface area contributed by atoms with Gasteiger partial charge >= 0.3 is 0 Å². The van der Waals surface area contributed by atoms with Gasteiger partial charge in [0.05, 0.1) is 7.11 Å². The monoisotopic (exact) mass is 264 g/mol. The molecule has 0 bridgehead atoms. The molecule has 19 heavy (non-hydrogen) atoms. The van der Waals surface area contributed by atoms with Crippen molar-refractivity contribution in [1.29, 1.82) is 0 Å². The third-order valence-electron chi connectivity index (χ3n) is 3.52. The number of methoxy groups -OCH3 is 1. The van der Waals surface area contributed by atoms with Gasteiger partial charge in [-0.15, -0.1) is 0 Å². The van der Waals surface area contributed by atoms with Crippen LogP contribution in [0, 0.1) is 0 Å². The molecule has 0 radical (unpaired) electrons. The summed E-state index contributed by atoms with van der Waals surface area (Å²) in [6.07, 6.45) is 1.06. The molecule has 1 aromatic rings. The van der Waals surface area contributed by atoms with Crippen LogP contribution < -0.4 is 10.1 Å². The summed E-state index contributed by atoms with van der Waals surface area (Å²) in [5.41, 5.74) is 1.35. The van der Waals surface area contributed by atoms with Crippen LogP contribution in [0.5, 0.6) is 5.75 Å². The lowest BCUT2D eigenvalue weighted by atomic mass is 10.1. The normalized spacial score (nSPS) is 12.7. The summed E-state index contributed by atoms with van der Waals surface area (Å²) in [6, 6.07) is 8.84. The molecular formula is C16H28N2O. The summed E-state index contributed by atoms with van der Waals surface area (Å²) < 4.78 is 5.17. The standard InChI is InChI=1S/C16H28N2O/c1-5-18(6-2)12-11-17-14(3)13-15-7-9-16(19-4)10-8-15/h7-10,14,17H,5-6,11-13H2,1-4H3. The molecule has 3 nitrogen and oxygen atoms in total. The Bertz CT molecular complexity index is 333. The lowest BCUT2D eigenvalue weighted by molar-refractivity contribution is 0.297. The fraction of sp³-hybridized carbons (Fsp3) is 0.625. The second-order valence-corrected chi connectivity index (χ2v) is 4.93. The quantitative estimate of drug-likeness (QED) is 0.742. The van der Waals surface area contributed by atoms with Crippen LogP contribution >= 0.6 is 0 Å². The van der Waals surface area contributed by atoms with Crippen LogP contribution in [0.1, 0.15) is 26.3 Å². The molecule has 1 rings (SSSR count). The molecule has 0 aliphatic carbocycles. The Morgan fingerprint density at radius 1 is 1.16 bits per heavy atom. The average Bonchev–Trinajstić information content (AvgIpc) is 2.44. The van der Waals surface area contributed by atoms with Crippen LogP contribution in [0.25, 0.3) is 0 Å². The van der Waals surface area contributed by atoms with Crippen molar-refractivity contribution in [3.63, 3.8) is 0 Å². The average molecular weight is 264 g/mol. The van der Waals surface area contributed by atoms with Gasteiger partial charge in [-0.2, -0.15) is 0 Å². The summed E-state index contributed by atoms with van der Waals surface area (Å²) in [5, 5.41) is 3.59. The molecule has 0 saturated heterocycles. The summed E-state index contributed by atoms with van der Waals surface area (Å²) >= 11 is 0. The first-order chi connectivity index (χ1) is 9.19. The Kier molecular flexibility index (Phi) is 7.53. The van der Waals surface area contributed by atoms with Crippen molar-refractivity contribution < 1.29 is 4.74 Å². The van der Waals surface area contributed by atoms with Gasteiger partial charge in [0.15, 0.2) is 0 Å². The maximum absolute atomic E-state index is 5.17. The molecule has 0 aliphatic rings. The zero-order chi connectivity index (χ0) is 14.1. The van der Waals surface area contributed by atoms with Gasteiger partial charge in [-0.25, -0.2) is 0 Å². The van der Waals surface area contributed by atoms with E-state index in [2.05, 4.69) is 43.1 Å². The number of nitrogens with one attached hydrogen (secondary N) is 1. The minimum Gasteiger partial charge on any atom is -0.497 e. The highest BCUT2D eigenvalue weighted by molar-refractivity contribution is 5.27. The number of ether oxygens (including phenoxy) is 1. The Morgan fingerprint density at radius 2 is 1.79 bits per heavy atom. The van der Waals surface area contributed by atoms with Crippen molar-refractivity contribution in [3.05, 3.63) is 29.8 Å². The van der Waals surface area contributed by atoms with E-state index in [9.17, 15) is 0 Å². The highest BCUT2D eigenvalue weighted by Crippen LogP contribution is 2.12. The molecule has 1 N–H and O–H groups in total. The Labute approximate surface area is 118 Å². The Balaban J connectivity index is 2.28. The molecular weight excluding hydrogens is 236 g/mol. The lowest BCUT2D eigenvalue weighted by Gasteiger charge is -2.20. The molecule has 1 atom stereocenters. The van der Waals surface area contributed by atoms with Gasteiger partial charge in [0, 0.05) is 19.1 Å². The second-order valence-electron chi connectivity index (χ2n) is 4.93. The summed E-state index contributed by atoms with van der Waals surface area (Å²) in [6.45, 7) is 11.1. The van der Waals surface area contributed by atoms with E-state index in [0.29, 0.717) is 6.04 Å². The zero-order valence-corrected chi connectivity index (χ0v) is 12.8. The smallest absolute Gasteiger partial charge is 0.118 e. The number of nitrogens with zero attached hydrogens (tertiary/aromatic N) is 1. The van der Waals surface area contributed by atoms with Crippen molar-refractivity contribution in [3.8, 4) is 5.75 Å². The molecule has 1 unspecified atom stereocenters. The SMILES string of the molecule is CCN(CC)CCNC(C)Cc1ccc(OC)cc1. The second kappa shape index (κ2) is 8.94. The van der Waals surface area contributed by atoms with Gasteiger partial charge in [-0.3, -0.25) is 0 Å². The summed E-state index contributed by atoms with van der Waals surface area (Å²) in [5.74, 6) is 0.922. The van der Waals surface area contributed by atoms with Gasteiger partial charge in [-0.1, -0.05) is 26.0 Å². The zero-order valence-electron chi connectivity index (χ0n) is 12.8. The molecule has 0 amide bonds. The van der Waals surface area contributed by atoms with Crippen molar-refractivity contribution >= 4 is 0 Å². The number of hydrogen-bond acceptors (Lipinski definition) is 3. The Hall–Kier alpha value is -1.06. The van der Waals surface area contributed by atoms with E-state index in [-0.39, 0.29) is 0 Å². The van der Waals surface area contributed by atoms with Crippen LogP contribution in [-0.4, -0.2) is 44.2 Å². The van der Waals surface area contributed by atoms with Gasteiger partial charge in [0.25, 0.3) is 0 Å². The first-order valence-electron chi connectivity index (χ1n) is 7.28. The number of rotatable bonds is 9. The van der Waals surface area contributed by atoms with Crippen LogP contribution in [0.4, 0.5) is 0 Å². The van der Waals surface area contributed by atoms with Gasteiger partial charge in [0.2, 0.25) is 0 Å². The fourth-order valence-corrected chi connectivity index (χ4v) is 2.20. The van der Waals surface area contributed by atoms with Gasteiger partial charge in [-0.05, 0) is 44.1 Å². The molecule has 0 heterocycles. The minimum atomic E-state index is 0.504. The predicted molar refractivity (Wildman–Crippen MR) is 82.0 cm³/mol. The molecule has 0 aromatic heterocycles. The molecule has 3 heteroatoms. The van der Waals surface area contributed by atoms with Crippen molar-refractivity contribution in [1.82, 2.24) is 10.2 Å². The van der Waals surface area contributed by atoms with Crippen molar-refractivity contribution in [2.45, 2.75) is 33.2 Å². The van der Waals surface area contributed by atoms with Crippen molar-refractivity contribution in [2.75, 3.05) is 33.3 Å². The van der Waals surface area contributed by atoms with E-state index < -0.39 is 0 Å².